The Morgan fingerprint density at radius 3 is 1.12 bits per heavy atom. The molecule has 6 aliphatic heterocycles. The predicted molar refractivity (Wildman–Crippen MR) is 272 cm³/mol. The Bertz CT molecular complexity index is 1890. The first-order chi connectivity index (χ1) is 35.9. The molecule has 0 saturated carbocycles. The van der Waals surface area contributed by atoms with E-state index in [2.05, 4.69) is 52.0 Å². The smallest absolute Gasteiger partial charge is 0.325 e. The summed E-state index contributed by atoms with van der Waals surface area (Å²) in [6.07, 6.45) is 1.32. The molecule has 0 aromatic carbocycles. The lowest BCUT2D eigenvalue weighted by molar-refractivity contribution is -0.270. The summed E-state index contributed by atoms with van der Waals surface area (Å²) in [6.45, 7) is 10.1. The fraction of sp³-hybridized carbons (Fsp3) is 0.585. The first-order valence-corrected chi connectivity index (χ1v) is 22.1. The minimum absolute atomic E-state index is 0. The van der Waals surface area contributed by atoms with E-state index in [0.29, 0.717) is 6.54 Å². The van der Waals surface area contributed by atoms with E-state index < -0.39 is 30.0 Å². The van der Waals surface area contributed by atoms with Gasteiger partial charge in [-0.3, -0.25) is 73.9 Å². The first-order valence-electron chi connectivity index (χ1n) is 22.1. The molecule has 6 aliphatic rings. The van der Waals surface area contributed by atoms with Crippen LogP contribution in [0.1, 0.15) is 34.6 Å². The highest BCUT2D eigenvalue weighted by Gasteiger charge is 2.27. The second-order valence-corrected chi connectivity index (χ2v) is 14.7. The largest absolute Gasteiger partial charge is 0.468 e. The van der Waals surface area contributed by atoms with E-state index in [0.717, 1.165) is 9.80 Å². The SMILES string of the molecule is CC=C=O.CCN1C(=O)CNC1=O.CN1C(=O)CNC1=O.CN1C(=O)CNC1=O.COC(=O)CN.COC(=O)CNC(=O)NC(C)C.COC(C)(OC)N(C)C.Cl.O=C1CNC(=O)N1.O=C1CNC(=O)N1.O=C1CNC(=O)N1. The molecule has 78 heavy (non-hydrogen) atoms. The molecule has 0 aliphatic carbocycles. The third-order valence-corrected chi connectivity index (χ3v) is 8.50. The van der Waals surface area contributed by atoms with E-state index in [1.807, 2.05) is 55.7 Å². The molecule has 37 heteroatoms. The topological polar surface area (TPSA) is 481 Å². The van der Waals surface area contributed by atoms with Crippen molar-refractivity contribution in [3.05, 3.63) is 6.08 Å². The maximum Gasteiger partial charge on any atom is 0.325 e. The predicted octanol–water partition coefficient (Wildman–Crippen LogP) is -5.31. The van der Waals surface area contributed by atoms with Gasteiger partial charge >= 0.3 is 54.2 Å². The van der Waals surface area contributed by atoms with E-state index in [4.69, 9.17) is 20.0 Å². The zero-order valence-electron chi connectivity index (χ0n) is 45.5. The summed E-state index contributed by atoms with van der Waals surface area (Å²) in [7, 11) is 12.5. The van der Waals surface area contributed by atoms with Crippen LogP contribution in [0.4, 0.5) is 33.6 Å². The number of nitrogens with one attached hydrogen (secondary N) is 11. The van der Waals surface area contributed by atoms with Gasteiger partial charge in [0.1, 0.15) is 12.5 Å². The van der Waals surface area contributed by atoms with Gasteiger partial charge in [0.15, 0.2) is 0 Å². The number of amides is 20. The van der Waals surface area contributed by atoms with E-state index in [1.54, 1.807) is 34.0 Å². The number of hydrogen-bond acceptors (Lipinski definition) is 22. The highest BCUT2D eigenvalue weighted by molar-refractivity contribution is 6.04. The van der Waals surface area contributed by atoms with E-state index in [9.17, 15) is 71.9 Å². The molecule has 0 radical (unpaired) electrons. The molecule has 0 atom stereocenters. The van der Waals surface area contributed by atoms with Crippen molar-refractivity contribution in [2.24, 2.45) is 5.73 Å². The number of imide groups is 6. The van der Waals surface area contributed by atoms with Crippen LogP contribution in [-0.2, 0) is 62.1 Å². The Labute approximate surface area is 454 Å². The van der Waals surface area contributed by atoms with Crippen LogP contribution in [0.15, 0.2) is 6.08 Å². The lowest BCUT2D eigenvalue weighted by atomic mass is 10.4. The van der Waals surface area contributed by atoms with Gasteiger partial charge in [0.2, 0.25) is 41.4 Å². The van der Waals surface area contributed by atoms with Crippen LogP contribution >= 0.6 is 12.4 Å². The molecule has 6 fully saturated rings. The van der Waals surface area contributed by atoms with Crippen molar-refractivity contribution in [3.8, 4) is 0 Å². The minimum Gasteiger partial charge on any atom is -0.468 e. The van der Waals surface area contributed by atoms with Gasteiger partial charge in [-0.15, -0.1) is 12.4 Å². The maximum atomic E-state index is 10.8. The number of nitrogens with zero attached hydrogens (tertiary/aromatic N) is 4. The van der Waals surface area contributed by atoms with Crippen molar-refractivity contribution < 1.29 is 95.7 Å². The minimum atomic E-state index is -0.583. The van der Waals surface area contributed by atoms with Crippen molar-refractivity contribution in [1.82, 2.24) is 78.1 Å². The Morgan fingerprint density at radius 2 is 1.00 bits per heavy atom. The number of likely N-dealkylation sites (N-methyl/N-ethyl adjacent to an activating group) is 3. The number of ether oxygens (including phenoxy) is 4. The van der Waals surface area contributed by atoms with Gasteiger partial charge in [-0.25, -0.2) is 38.4 Å². The molecule has 0 aromatic rings. The third-order valence-electron chi connectivity index (χ3n) is 8.50. The molecular formula is C41H73ClN16O20. The number of allylic oxidation sites excluding steroid dienone is 1. The monoisotopic (exact) mass is 1140 g/mol. The quantitative estimate of drug-likeness (QED) is 0.0467. The lowest BCUT2D eigenvalue weighted by Gasteiger charge is -2.32. The normalized spacial score (nSPS) is 14.9. The fourth-order valence-electron chi connectivity index (χ4n) is 3.97. The van der Waals surface area contributed by atoms with Gasteiger partial charge in [-0.2, -0.15) is 0 Å². The summed E-state index contributed by atoms with van der Waals surface area (Å²) in [6, 6.07) is -2.40. The standard InChI is InChI=1S/C7H14N2O3.C6H15NO2.C5H8N2O2.2C4H6N2O2.3C3H4N2O2.C3H7NO2.C3H4O.ClH/c1-5(2)9-7(11)8-4-6(10)12-3;1-6(8-4,9-5)7(2)3;1-2-7-4(8)3-6-5(7)9;2*1-6-3(7)2-5-4(6)8;3*6-2-1-4-3(7)5-2;1-6-3(5)2-4;1-2-3-4;/h5H,4H2,1-3H3,(H2,8,9,11);1-5H3;2-3H2,1H3,(H,6,9);2*2H2,1H3,(H,5,8);3*1H2,(H2,4,5,6,7);2,4H2,1H3;2H,1H3;1H. The number of urea groups is 7. The third kappa shape index (κ3) is 38.9. The zero-order valence-corrected chi connectivity index (χ0v) is 46.3. The van der Waals surface area contributed by atoms with Crippen LogP contribution in [0, 0.1) is 0 Å². The average molecular weight is 1150 g/mol. The molecule has 13 N–H and O–H groups in total. The number of halogens is 1. The molecule has 0 bridgehead atoms. The summed E-state index contributed by atoms with van der Waals surface area (Å²) in [5.41, 5.74) is 4.81. The van der Waals surface area contributed by atoms with Crippen LogP contribution < -0.4 is 64.2 Å². The van der Waals surface area contributed by atoms with E-state index in [-0.39, 0.29) is 136 Å². The van der Waals surface area contributed by atoms with Gasteiger partial charge in [-0.05, 0) is 47.9 Å². The fourth-order valence-corrected chi connectivity index (χ4v) is 3.97. The summed E-state index contributed by atoms with van der Waals surface area (Å²) in [4.78, 5) is 168. The Kier molecular flexibility index (Phi) is 44.9. The van der Waals surface area contributed by atoms with Crippen molar-refractivity contribution in [2.45, 2.75) is 46.6 Å². The van der Waals surface area contributed by atoms with Gasteiger partial charge in [0.05, 0.1) is 60.0 Å². The van der Waals surface area contributed by atoms with Crippen LogP contribution in [0.25, 0.3) is 0 Å². The highest BCUT2D eigenvalue weighted by Crippen LogP contribution is 2.11. The van der Waals surface area contributed by atoms with Crippen LogP contribution in [0.3, 0.4) is 0 Å². The van der Waals surface area contributed by atoms with Crippen molar-refractivity contribution in [2.75, 3.05) is 116 Å². The van der Waals surface area contributed by atoms with Gasteiger partial charge in [0, 0.05) is 47.8 Å². The lowest BCUT2D eigenvalue weighted by Crippen LogP contribution is -2.44. The number of nitrogens with two attached hydrogens (primary N) is 1. The van der Waals surface area contributed by atoms with Crippen LogP contribution in [0.5, 0.6) is 0 Å². The molecule has 6 rings (SSSR count). The second-order valence-electron chi connectivity index (χ2n) is 14.7. The molecule has 36 nitrogen and oxygen atoms in total. The molecule has 6 heterocycles. The summed E-state index contributed by atoms with van der Waals surface area (Å²) in [5.74, 6) is -1.13. The number of rotatable bonds is 8. The summed E-state index contributed by atoms with van der Waals surface area (Å²) in [5, 5.41) is 24.9. The molecule has 444 valence electrons. The Hall–Kier alpha value is -8.57. The molecule has 20 amide bonds. The maximum absolute atomic E-state index is 10.8. The summed E-state index contributed by atoms with van der Waals surface area (Å²) >= 11 is 0. The van der Waals surface area contributed by atoms with Crippen molar-refractivity contribution >= 4 is 108 Å². The van der Waals surface area contributed by atoms with Crippen molar-refractivity contribution in [1.29, 1.82) is 0 Å². The van der Waals surface area contributed by atoms with Crippen LogP contribution in [-0.4, -0.2) is 243 Å². The molecular weight excluding hydrogens is 1070 g/mol. The average Bonchev–Trinajstić information content (AvgIpc) is 4.27. The number of esters is 2. The van der Waals surface area contributed by atoms with Gasteiger partial charge < -0.3 is 67.2 Å². The van der Waals surface area contributed by atoms with Crippen LogP contribution in [0.2, 0.25) is 0 Å². The zero-order chi connectivity index (χ0) is 60.4. The number of carbonyl (C=O) groups excluding carboxylic acids is 16. The molecule has 0 aromatic heterocycles. The Balaban J connectivity index is -0.000000255. The summed E-state index contributed by atoms with van der Waals surface area (Å²) < 4.78 is 18.6. The van der Waals surface area contributed by atoms with Crippen molar-refractivity contribution in [3.63, 3.8) is 0 Å². The highest BCUT2D eigenvalue weighted by atomic mass is 35.5. The second kappa shape index (κ2) is 44.7. The number of carbonyl (C=O) groups is 15. The number of hydrogen-bond donors (Lipinski definition) is 12. The van der Waals surface area contributed by atoms with Gasteiger partial charge in [-0.1, -0.05) is 0 Å². The Morgan fingerprint density at radius 1 is 0.654 bits per heavy atom. The van der Waals surface area contributed by atoms with E-state index >= 15 is 0 Å². The first kappa shape index (κ1) is 78.3. The molecule has 0 spiro atoms. The van der Waals surface area contributed by atoms with Gasteiger partial charge in [0.25, 0.3) is 0 Å². The molecule has 0 unspecified atom stereocenters. The number of methoxy groups -OCH3 is 4. The van der Waals surface area contributed by atoms with E-state index in [1.165, 1.54) is 39.3 Å². The molecule has 6 saturated heterocycles.